The van der Waals surface area contributed by atoms with E-state index in [0.717, 1.165) is 36.2 Å². The Hall–Kier alpha value is -2.55. The highest BCUT2D eigenvalue weighted by molar-refractivity contribution is 14.0. The van der Waals surface area contributed by atoms with Gasteiger partial charge in [-0.15, -0.1) is 24.0 Å². The molecule has 31 heavy (non-hydrogen) atoms. The van der Waals surface area contributed by atoms with Crippen molar-refractivity contribution in [3.05, 3.63) is 71.5 Å². The van der Waals surface area contributed by atoms with Gasteiger partial charge in [-0.1, -0.05) is 42.5 Å². The van der Waals surface area contributed by atoms with Gasteiger partial charge in [-0.3, -0.25) is 9.79 Å². The standard InChI is InChI=1S/C24H28N4O2.HI/c1-17(22-14-18-8-5-6-11-21(18)30-22)27-24(25-2)26-13-7-12-23(29)28-15-19-9-3-4-10-20(19)16-28;/h3-6,8-11,14,17H,7,12-13,15-16H2,1-2H3,(H2,25,26,27);1H. The molecule has 1 aliphatic heterocycles. The second-order valence-corrected chi connectivity index (χ2v) is 7.67. The van der Waals surface area contributed by atoms with Gasteiger partial charge in [0.1, 0.15) is 11.3 Å². The van der Waals surface area contributed by atoms with E-state index in [1.807, 2.05) is 54.3 Å². The third-order valence-electron chi connectivity index (χ3n) is 5.50. The summed E-state index contributed by atoms with van der Waals surface area (Å²) in [5.41, 5.74) is 3.40. The quantitative estimate of drug-likeness (QED) is 0.211. The van der Waals surface area contributed by atoms with E-state index in [-0.39, 0.29) is 35.9 Å². The molecule has 2 N–H and O–H groups in total. The molecule has 1 aliphatic rings. The number of halogens is 1. The summed E-state index contributed by atoms with van der Waals surface area (Å²) in [6, 6.07) is 18.3. The van der Waals surface area contributed by atoms with Crippen molar-refractivity contribution in [2.75, 3.05) is 13.6 Å². The Morgan fingerprint density at radius 3 is 2.48 bits per heavy atom. The predicted molar refractivity (Wildman–Crippen MR) is 134 cm³/mol. The van der Waals surface area contributed by atoms with Gasteiger partial charge in [-0.25, -0.2) is 0 Å². The number of carbonyl (C=O) groups excluding carboxylic acids is 1. The van der Waals surface area contributed by atoms with Crippen LogP contribution in [0.5, 0.6) is 0 Å². The van der Waals surface area contributed by atoms with Crippen LogP contribution in [0.15, 0.2) is 64.0 Å². The monoisotopic (exact) mass is 532 g/mol. The number of guanidine groups is 1. The maximum Gasteiger partial charge on any atom is 0.223 e. The van der Waals surface area contributed by atoms with Gasteiger partial charge in [-0.2, -0.15) is 0 Å². The van der Waals surface area contributed by atoms with Crippen LogP contribution in [0.3, 0.4) is 0 Å². The van der Waals surface area contributed by atoms with Crippen molar-refractivity contribution in [3.63, 3.8) is 0 Å². The van der Waals surface area contributed by atoms with Crippen molar-refractivity contribution in [3.8, 4) is 0 Å². The van der Waals surface area contributed by atoms with Gasteiger partial charge in [0.15, 0.2) is 5.96 Å². The number of hydrogen-bond donors (Lipinski definition) is 2. The number of benzene rings is 2. The number of nitrogens with zero attached hydrogens (tertiary/aromatic N) is 2. The van der Waals surface area contributed by atoms with Crippen LogP contribution in [0.25, 0.3) is 11.0 Å². The average molecular weight is 532 g/mol. The number of fused-ring (bicyclic) bond motifs is 2. The number of carbonyl (C=O) groups is 1. The molecule has 0 saturated carbocycles. The topological polar surface area (TPSA) is 69.9 Å². The van der Waals surface area contributed by atoms with Gasteiger partial charge >= 0.3 is 0 Å². The third kappa shape index (κ3) is 5.58. The van der Waals surface area contributed by atoms with E-state index in [9.17, 15) is 4.79 Å². The molecule has 1 amide bonds. The summed E-state index contributed by atoms with van der Waals surface area (Å²) in [6.45, 7) is 4.17. The number of furan rings is 1. The van der Waals surface area contributed by atoms with Crippen LogP contribution < -0.4 is 10.6 Å². The van der Waals surface area contributed by atoms with Crippen LogP contribution in [0.4, 0.5) is 0 Å². The lowest BCUT2D eigenvalue weighted by Gasteiger charge is -2.17. The highest BCUT2D eigenvalue weighted by atomic mass is 127. The Morgan fingerprint density at radius 1 is 1.13 bits per heavy atom. The summed E-state index contributed by atoms with van der Waals surface area (Å²) in [5, 5.41) is 7.73. The molecule has 1 unspecified atom stereocenters. The van der Waals surface area contributed by atoms with Crippen LogP contribution in [-0.2, 0) is 17.9 Å². The van der Waals surface area contributed by atoms with Crippen molar-refractivity contribution in [2.24, 2.45) is 4.99 Å². The Bertz CT molecular complexity index is 1000. The van der Waals surface area contributed by atoms with Gasteiger partial charge in [0.2, 0.25) is 5.91 Å². The summed E-state index contributed by atoms with van der Waals surface area (Å²) in [6.07, 6.45) is 1.28. The number of amides is 1. The van der Waals surface area contributed by atoms with Gasteiger partial charge in [-0.05, 0) is 36.6 Å². The molecule has 0 bridgehead atoms. The lowest BCUT2D eigenvalue weighted by Crippen LogP contribution is -2.39. The number of rotatable bonds is 6. The van der Waals surface area contributed by atoms with Crippen LogP contribution in [0, 0.1) is 0 Å². The number of para-hydroxylation sites is 1. The normalized spacial score (nSPS) is 14.1. The molecular weight excluding hydrogens is 503 g/mol. The summed E-state index contributed by atoms with van der Waals surface area (Å²) in [7, 11) is 1.74. The van der Waals surface area contributed by atoms with Crippen molar-refractivity contribution >= 4 is 46.8 Å². The molecule has 4 rings (SSSR count). The molecule has 1 aromatic heterocycles. The minimum Gasteiger partial charge on any atom is -0.459 e. The first-order valence-corrected chi connectivity index (χ1v) is 10.4. The van der Waals surface area contributed by atoms with Crippen molar-refractivity contribution in [1.29, 1.82) is 0 Å². The molecule has 2 heterocycles. The zero-order chi connectivity index (χ0) is 20.9. The van der Waals surface area contributed by atoms with Gasteiger partial charge in [0, 0.05) is 38.5 Å². The van der Waals surface area contributed by atoms with Crippen LogP contribution in [0.2, 0.25) is 0 Å². The minimum atomic E-state index is -0.0201. The molecule has 0 radical (unpaired) electrons. The largest absolute Gasteiger partial charge is 0.459 e. The first kappa shape index (κ1) is 23.1. The molecule has 2 aromatic carbocycles. The van der Waals surface area contributed by atoms with E-state index in [1.54, 1.807) is 7.05 Å². The number of aliphatic imine (C=N–C) groups is 1. The molecule has 0 fully saturated rings. The van der Waals surface area contributed by atoms with Crippen molar-refractivity contribution < 1.29 is 9.21 Å². The Kier molecular flexibility index (Phi) is 7.95. The van der Waals surface area contributed by atoms with E-state index in [0.29, 0.717) is 18.9 Å². The van der Waals surface area contributed by atoms with E-state index in [1.165, 1.54) is 11.1 Å². The highest BCUT2D eigenvalue weighted by Gasteiger charge is 2.22. The molecular formula is C24H29IN4O2. The molecule has 0 spiro atoms. The van der Waals surface area contributed by atoms with Crippen molar-refractivity contribution in [1.82, 2.24) is 15.5 Å². The second-order valence-electron chi connectivity index (χ2n) is 7.67. The maximum atomic E-state index is 12.5. The first-order chi connectivity index (χ1) is 14.6. The lowest BCUT2D eigenvalue weighted by atomic mass is 10.1. The molecule has 6 nitrogen and oxygen atoms in total. The van der Waals surface area contributed by atoms with Gasteiger partial charge < -0.3 is 20.0 Å². The summed E-state index contributed by atoms with van der Waals surface area (Å²) < 4.78 is 5.92. The lowest BCUT2D eigenvalue weighted by molar-refractivity contribution is -0.131. The van der Waals surface area contributed by atoms with Crippen molar-refractivity contribution in [2.45, 2.75) is 38.9 Å². The first-order valence-electron chi connectivity index (χ1n) is 10.4. The molecule has 164 valence electrons. The molecule has 0 aliphatic carbocycles. The Labute approximate surface area is 200 Å². The van der Waals surface area contributed by atoms with E-state index in [4.69, 9.17) is 4.42 Å². The second kappa shape index (κ2) is 10.7. The van der Waals surface area contributed by atoms with Gasteiger partial charge in [0.25, 0.3) is 0 Å². The SMILES string of the molecule is CN=C(NCCCC(=O)N1Cc2ccccc2C1)NC(C)c1cc2ccccc2o1.I. The predicted octanol–water partition coefficient (Wildman–Crippen LogP) is 4.60. The third-order valence-corrected chi connectivity index (χ3v) is 5.50. The average Bonchev–Trinajstić information content (AvgIpc) is 3.39. The Balaban J connectivity index is 0.00000272. The fraction of sp³-hybridized carbons (Fsp3) is 0.333. The fourth-order valence-electron chi connectivity index (χ4n) is 3.80. The molecule has 3 aromatic rings. The zero-order valence-electron chi connectivity index (χ0n) is 17.9. The maximum absolute atomic E-state index is 12.5. The zero-order valence-corrected chi connectivity index (χ0v) is 20.3. The minimum absolute atomic E-state index is 0. The van der Waals surface area contributed by atoms with Crippen LogP contribution in [-0.4, -0.2) is 30.4 Å². The highest BCUT2D eigenvalue weighted by Crippen LogP contribution is 2.24. The number of hydrogen-bond acceptors (Lipinski definition) is 3. The summed E-state index contributed by atoms with van der Waals surface area (Å²) in [4.78, 5) is 18.7. The van der Waals surface area contributed by atoms with E-state index in [2.05, 4.69) is 27.8 Å². The van der Waals surface area contributed by atoms with E-state index < -0.39 is 0 Å². The molecule has 0 saturated heterocycles. The fourth-order valence-corrected chi connectivity index (χ4v) is 3.80. The molecule has 7 heteroatoms. The van der Waals surface area contributed by atoms with E-state index >= 15 is 0 Å². The summed E-state index contributed by atoms with van der Waals surface area (Å²) in [5.74, 6) is 1.76. The Morgan fingerprint density at radius 2 is 1.81 bits per heavy atom. The van der Waals surface area contributed by atoms with Crippen LogP contribution in [0.1, 0.15) is 42.7 Å². The van der Waals surface area contributed by atoms with Gasteiger partial charge in [0.05, 0.1) is 6.04 Å². The number of nitrogens with one attached hydrogen (secondary N) is 2. The van der Waals surface area contributed by atoms with Crippen LogP contribution >= 0.6 is 24.0 Å². The molecule has 1 atom stereocenters. The summed E-state index contributed by atoms with van der Waals surface area (Å²) >= 11 is 0. The smallest absolute Gasteiger partial charge is 0.223 e.